The molecule has 0 aliphatic heterocycles. The van der Waals surface area contributed by atoms with Crippen LogP contribution in [-0.2, 0) is 0 Å². The summed E-state index contributed by atoms with van der Waals surface area (Å²) >= 11 is 0. The lowest BCUT2D eigenvalue weighted by Gasteiger charge is -2.16. The van der Waals surface area contributed by atoms with Gasteiger partial charge in [0.05, 0.1) is 12.6 Å². The van der Waals surface area contributed by atoms with Gasteiger partial charge in [-0.3, -0.25) is 0 Å². The fourth-order valence-corrected chi connectivity index (χ4v) is 1.13. The van der Waals surface area contributed by atoms with Gasteiger partial charge in [0.15, 0.2) is 0 Å². The van der Waals surface area contributed by atoms with E-state index >= 15 is 0 Å². The highest BCUT2D eigenvalue weighted by Crippen LogP contribution is 2.09. The lowest BCUT2D eigenvalue weighted by Crippen LogP contribution is -2.24. The van der Waals surface area contributed by atoms with Gasteiger partial charge >= 0.3 is 0 Å². The van der Waals surface area contributed by atoms with Crippen LogP contribution in [0.25, 0.3) is 0 Å². The maximum absolute atomic E-state index is 9.04. The SMILES string of the molecule is CC[C@@H](CO)Nc1nccc(N(C)C)n1. The molecule has 5 nitrogen and oxygen atoms in total. The van der Waals surface area contributed by atoms with Gasteiger partial charge in [-0.15, -0.1) is 0 Å². The summed E-state index contributed by atoms with van der Waals surface area (Å²) in [6.45, 7) is 2.09. The Hall–Kier alpha value is -1.36. The van der Waals surface area contributed by atoms with Crippen molar-refractivity contribution < 1.29 is 5.11 Å². The first-order valence-corrected chi connectivity index (χ1v) is 5.05. The molecule has 0 saturated heterocycles. The third-order valence-corrected chi connectivity index (χ3v) is 2.15. The van der Waals surface area contributed by atoms with Crippen LogP contribution in [0.15, 0.2) is 12.3 Å². The molecule has 2 N–H and O–H groups in total. The van der Waals surface area contributed by atoms with E-state index in [9.17, 15) is 0 Å². The predicted molar refractivity (Wildman–Crippen MR) is 61.1 cm³/mol. The van der Waals surface area contributed by atoms with E-state index in [0.717, 1.165) is 12.2 Å². The monoisotopic (exact) mass is 210 g/mol. The molecule has 84 valence electrons. The predicted octanol–water partition coefficient (Wildman–Crippen LogP) is 0.725. The Bertz CT molecular complexity index is 299. The van der Waals surface area contributed by atoms with Crippen LogP contribution >= 0.6 is 0 Å². The summed E-state index contributed by atoms with van der Waals surface area (Å²) in [5.74, 6) is 1.40. The van der Waals surface area contributed by atoms with E-state index in [1.165, 1.54) is 0 Å². The third kappa shape index (κ3) is 3.36. The molecule has 0 spiro atoms. The van der Waals surface area contributed by atoms with Gasteiger partial charge in [-0.25, -0.2) is 4.98 Å². The summed E-state index contributed by atoms with van der Waals surface area (Å²) < 4.78 is 0. The molecule has 0 amide bonds. The second-order valence-electron chi connectivity index (χ2n) is 3.56. The van der Waals surface area contributed by atoms with Crippen LogP contribution in [0.5, 0.6) is 0 Å². The second-order valence-corrected chi connectivity index (χ2v) is 3.56. The van der Waals surface area contributed by atoms with Gasteiger partial charge in [-0.2, -0.15) is 4.98 Å². The van der Waals surface area contributed by atoms with E-state index in [1.54, 1.807) is 6.20 Å². The molecule has 0 fully saturated rings. The normalized spacial score (nSPS) is 12.3. The number of hydrogen-bond acceptors (Lipinski definition) is 5. The lowest BCUT2D eigenvalue weighted by molar-refractivity contribution is 0.271. The van der Waals surface area contributed by atoms with Gasteiger partial charge in [0.25, 0.3) is 0 Å². The first kappa shape index (κ1) is 11.7. The van der Waals surface area contributed by atoms with Crippen molar-refractivity contribution in [3.63, 3.8) is 0 Å². The Labute approximate surface area is 90.2 Å². The van der Waals surface area contributed by atoms with Gasteiger partial charge in [-0.1, -0.05) is 6.92 Å². The molecular formula is C10H18N4O. The molecule has 0 saturated carbocycles. The zero-order valence-electron chi connectivity index (χ0n) is 9.44. The second kappa shape index (κ2) is 5.50. The van der Waals surface area contributed by atoms with Crippen molar-refractivity contribution >= 4 is 11.8 Å². The van der Waals surface area contributed by atoms with Crippen molar-refractivity contribution in [3.8, 4) is 0 Å². The van der Waals surface area contributed by atoms with Gasteiger partial charge < -0.3 is 15.3 Å². The lowest BCUT2D eigenvalue weighted by atomic mass is 10.2. The molecule has 0 unspecified atom stereocenters. The molecule has 1 atom stereocenters. The Morgan fingerprint density at radius 3 is 2.80 bits per heavy atom. The van der Waals surface area contributed by atoms with E-state index < -0.39 is 0 Å². The summed E-state index contributed by atoms with van der Waals surface area (Å²) in [6, 6.07) is 1.85. The zero-order chi connectivity index (χ0) is 11.3. The summed E-state index contributed by atoms with van der Waals surface area (Å²) in [4.78, 5) is 10.3. The van der Waals surface area contributed by atoms with Crippen LogP contribution in [0.3, 0.4) is 0 Å². The highest BCUT2D eigenvalue weighted by Gasteiger charge is 2.06. The van der Waals surface area contributed by atoms with Crippen LogP contribution < -0.4 is 10.2 Å². The van der Waals surface area contributed by atoms with Crippen molar-refractivity contribution in [1.29, 1.82) is 0 Å². The molecule has 0 bridgehead atoms. The summed E-state index contributed by atoms with van der Waals surface area (Å²) in [5, 5.41) is 12.1. The van der Waals surface area contributed by atoms with Crippen molar-refractivity contribution in [2.24, 2.45) is 0 Å². The van der Waals surface area contributed by atoms with E-state index in [1.807, 2.05) is 32.0 Å². The minimum absolute atomic E-state index is 0.0161. The summed E-state index contributed by atoms with van der Waals surface area (Å²) in [5.41, 5.74) is 0. The molecular weight excluding hydrogens is 192 g/mol. The van der Waals surface area contributed by atoms with Gasteiger partial charge in [0.2, 0.25) is 5.95 Å². The third-order valence-electron chi connectivity index (χ3n) is 2.15. The molecule has 0 aromatic carbocycles. The van der Waals surface area contributed by atoms with Gasteiger partial charge in [0.1, 0.15) is 5.82 Å². The molecule has 15 heavy (non-hydrogen) atoms. The number of hydrogen-bond donors (Lipinski definition) is 2. The fourth-order valence-electron chi connectivity index (χ4n) is 1.13. The summed E-state index contributed by atoms with van der Waals surface area (Å²) in [7, 11) is 3.85. The standard InChI is InChI=1S/C10H18N4O/c1-4-8(7-15)12-10-11-6-5-9(13-10)14(2)3/h5-6,8,15H,4,7H2,1-3H3,(H,11,12,13)/t8-/m0/s1. The van der Waals surface area contributed by atoms with E-state index in [2.05, 4.69) is 15.3 Å². The molecule has 5 heteroatoms. The Kier molecular flexibility index (Phi) is 4.30. The number of aliphatic hydroxyl groups is 1. The fraction of sp³-hybridized carbons (Fsp3) is 0.600. The average molecular weight is 210 g/mol. The van der Waals surface area contributed by atoms with Crippen LogP contribution in [0, 0.1) is 0 Å². The number of anilines is 2. The van der Waals surface area contributed by atoms with Gasteiger partial charge in [-0.05, 0) is 12.5 Å². The topological polar surface area (TPSA) is 61.3 Å². The van der Waals surface area contributed by atoms with Gasteiger partial charge in [0, 0.05) is 20.3 Å². The summed E-state index contributed by atoms with van der Waals surface area (Å²) in [6.07, 6.45) is 2.54. The quantitative estimate of drug-likeness (QED) is 0.750. The Morgan fingerprint density at radius 2 is 2.27 bits per heavy atom. The number of nitrogens with zero attached hydrogens (tertiary/aromatic N) is 3. The first-order valence-electron chi connectivity index (χ1n) is 5.05. The number of nitrogens with one attached hydrogen (secondary N) is 1. The smallest absolute Gasteiger partial charge is 0.224 e. The Balaban J connectivity index is 2.72. The number of rotatable bonds is 5. The maximum Gasteiger partial charge on any atom is 0.224 e. The molecule has 1 heterocycles. The number of aromatic nitrogens is 2. The Morgan fingerprint density at radius 1 is 1.53 bits per heavy atom. The van der Waals surface area contributed by atoms with Crippen molar-refractivity contribution in [2.45, 2.75) is 19.4 Å². The molecule has 0 aliphatic rings. The molecule has 1 aromatic heterocycles. The minimum atomic E-state index is 0.0161. The van der Waals surface area contributed by atoms with E-state index in [0.29, 0.717) is 5.95 Å². The molecule has 0 radical (unpaired) electrons. The largest absolute Gasteiger partial charge is 0.394 e. The highest BCUT2D eigenvalue weighted by atomic mass is 16.3. The molecule has 1 rings (SSSR count). The minimum Gasteiger partial charge on any atom is -0.394 e. The zero-order valence-corrected chi connectivity index (χ0v) is 9.44. The highest BCUT2D eigenvalue weighted by molar-refractivity contribution is 5.41. The van der Waals surface area contributed by atoms with Crippen LogP contribution in [0.1, 0.15) is 13.3 Å². The average Bonchev–Trinajstić information content (AvgIpc) is 2.26. The first-order chi connectivity index (χ1) is 7.17. The maximum atomic E-state index is 9.04. The van der Waals surface area contributed by atoms with Crippen molar-refractivity contribution in [2.75, 3.05) is 30.9 Å². The van der Waals surface area contributed by atoms with Crippen LogP contribution in [0.2, 0.25) is 0 Å². The van der Waals surface area contributed by atoms with E-state index in [-0.39, 0.29) is 12.6 Å². The van der Waals surface area contributed by atoms with Crippen LogP contribution in [-0.4, -0.2) is 41.8 Å². The van der Waals surface area contributed by atoms with Crippen LogP contribution in [0.4, 0.5) is 11.8 Å². The molecule has 0 aliphatic carbocycles. The van der Waals surface area contributed by atoms with Crippen molar-refractivity contribution in [1.82, 2.24) is 9.97 Å². The van der Waals surface area contributed by atoms with E-state index in [4.69, 9.17) is 5.11 Å². The molecule has 1 aromatic rings. The van der Waals surface area contributed by atoms with Crippen molar-refractivity contribution in [3.05, 3.63) is 12.3 Å². The number of aliphatic hydroxyl groups excluding tert-OH is 1.